The molecule has 12 nitrogen and oxygen atoms in total. The van der Waals surface area contributed by atoms with E-state index in [1.807, 2.05) is 93.1 Å². The van der Waals surface area contributed by atoms with Gasteiger partial charge in [-0.25, -0.2) is 4.79 Å². The summed E-state index contributed by atoms with van der Waals surface area (Å²) >= 11 is 12.2. The molecule has 1 saturated heterocycles. The van der Waals surface area contributed by atoms with Crippen LogP contribution in [-0.2, 0) is 45.2 Å². The maximum absolute atomic E-state index is 14.3. The Kier molecular flexibility index (Phi) is 12.7. The van der Waals surface area contributed by atoms with E-state index in [9.17, 15) is 24.3 Å². The Hall–Kier alpha value is -6.11. The lowest BCUT2D eigenvalue weighted by Crippen LogP contribution is -2.57. The van der Waals surface area contributed by atoms with Crippen LogP contribution < -0.4 is 19.5 Å². The van der Waals surface area contributed by atoms with Crippen molar-refractivity contribution in [1.29, 1.82) is 0 Å². The molecule has 3 amide bonds. The van der Waals surface area contributed by atoms with Gasteiger partial charge < -0.3 is 34.4 Å². The molecule has 5 aromatic rings. The van der Waals surface area contributed by atoms with Gasteiger partial charge in [0.1, 0.15) is 31.0 Å². The van der Waals surface area contributed by atoms with E-state index >= 15 is 0 Å². The van der Waals surface area contributed by atoms with E-state index in [4.69, 9.17) is 37.4 Å². The molecule has 3 aliphatic heterocycles. The van der Waals surface area contributed by atoms with Gasteiger partial charge in [0, 0.05) is 50.3 Å². The number of likely N-dealkylation sites (tertiary alicyclic amines) is 1. The second kappa shape index (κ2) is 18.5. The Morgan fingerprint density at radius 2 is 1.65 bits per heavy atom. The molecule has 4 heterocycles. The normalized spacial score (nSPS) is 17.7. The van der Waals surface area contributed by atoms with Gasteiger partial charge in [-0.2, -0.15) is 0 Å². The van der Waals surface area contributed by atoms with Crippen LogP contribution in [0.1, 0.15) is 58.0 Å². The average molecular weight is 877 g/mol. The highest BCUT2D eigenvalue weighted by molar-refractivity contribution is 6.42. The number of nitrogens with zero attached hydrogens (tertiary/aromatic N) is 3. The second-order valence-electron chi connectivity index (χ2n) is 16.0. The van der Waals surface area contributed by atoms with Crippen molar-refractivity contribution in [2.75, 3.05) is 19.7 Å². The van der Waals surface area contributed by atoms with Crippen LogP contribution in [-0.4, -0.2) is 75.9 Å². The van der Waals surface area contributed by atoms with Gasteiger partial charge in [0.15, 0.2) is 17.6 Å². The van der Waals surface area contributed by atoms with Gasteiger partial charge >= 0.3 is 12.4 Å². The van der Waals surface area contributed by atoms with Gasteiger partial charge in [0.2, 0.25) is 11.8 Å². The number of carbonyl (C=O) groups is 3. The molecule has 14 heteroatoms. The number of piperidine rings is 1. The summed E-state index contributed by atoms with van der Waals surface area (Å²) in [4.78, 5) is 60.0. The van der Waals surface area contributed by atoms with Crippen molar-refractivity contribution in [3.63, 3.8) is 0 Å². The maximum atomic E-state index is 14.3. The first-order valence-corrected chi connectivity index (χ1v) is 21.3. The van der Waals surface area contributed by atoms with Crippen LogP contribution >= 0.6 is 23.2 Å². The molecule has 3 atom stereocenters. The van der Waals surface area contributed by atoms with Crippen molar-refractivity contribution >= 4 is 47.4 Å². The Morgan fingerprint density at radius 3 is 2.35 bits per heavy atom. The molecular formula is C48H45Cl2N4O8. The summed E-state index contributed by atoms with van der Waals surface area (Å²) in [7, 11) is 0. The van der Waals surface area contributed by atoms with Gasteiger partial charge in [-0.1, -0.05) is 65.7 Å². The van der Waals surface area contributed by atoms with Crippen molar-refractivity contribution in [3.05, 3.63) is 140 Å². The van der Waals surface area contributed by atoms with E-state index in [1.54, 1.807) is 23.2 Å². The van der Waals surface area contributed by atoms with Crippen LogP contribution in [0.5, 0.6) is 17.2 Å². The topological polar surface area (TPSA) is 148 Å². The third kappa shape index (κ3) is 9.36. The minimum Gasteiger partial charge on any atom is -0.489 e. The standard InChI is InChI=1S/C48H45Cl2N4O8/c1-28-29(2)51-16-13-38(28)32-6-3-30(4-7-32)20-41(48(58)59)52-46(56)42-21-35-22-43-44(23-36(35)24-54(42)47(57)34-14-17-53(27-55)18-15-34)62-45(26-61-43)33-8-10-37(11-9-33)60-25-31-5-12-39(49)40(50)19-31/h3-13,16,19,22-23,34,41-42,45H,14-15,17-18,20-21,24-26H2,1-2H3,(H,52,56)(H,58,59)/t41-,42-,45+/m0/s1. The number of hydrogen-bond donors (Lipinski definition) is 2. The monoisotopic (exact) mass is 875 g/mol. The van der Waals surface area contributed by atoms with Crippen molar-refractivity contribution < 1.29 is 38.5 Å². The van der Waals surface area contributed by atoms with E-state index in [0.29, 0.717) is 59.8 Å². The van der Waals surface area contributed by atoms with Gasteiger partial charge in [-0.3, -0.25) is 19.4 Å². The second-order valence-corrected chi connectivity index (χ2v) is 16.8. The van der Waals surface area contributed by atoms with E-state index in [1.165, 1.54) is 4.90 Å². The maximum Gasteiger partial charge on any atom is 0.326 e. The van der Waals surface area contributed by atoms with Crippen molar-refractivity contribution in [2.45, 2.75) is 70.9 Å². The molecule has 1 fully saturated rings. The number of ether oxygens (including phenoxy) is 3. The fraction of sp³-hybridized carbons (Fsp3) is 0.312. The zero-order valence-electron chi connectivity index (χ0n) is 34.2. The number of carbonyl (C=O) groups excluding carboxylic acids is 3. The van der Waals surface area contributed by atoms with Crippen molar-refractivity contribution in [1.82, 2.24) is 20.1 Å². The molecule has 3 aliphatic rings. The SMILES string of the molecule is Cc1nccc(-c2ccc(C[C@H](NC(=O)[C@@H]3Cc4cc5c(cc4CN3C(=O)C3CCN([C]=O)CC3)O[C@@H](c3ccc(OCc4ccc(Cl)c(Cl)c4)cc3)CO5)C(=O)O)cc2)c1C. The van der Waals surface area contributed by atoms with Crippen LogP contribution in [0.4, 0.5) is 0 Å². The van der Waals surface area contributed by atoms with Crippen LogP contribution in [0.2, 0.25) is 10.0 Å². The number of aromatic nitrogens is 1. The number of pyridine rings is 1. The molecule has 0 spiro atoms. The molecule has 0 bridgehead atoms. The number of nitrogens with one attached hydrogen (secondary N) is 1. The Bertz CT molecular complexity index is 2490. The van der Waals surface area contributed by atoms with Crippen LogP contribution in [0.15, 0.2) is 91.1 Å². The quantitative estimate of drug-likeness (QED) is 0.129. The summed E-state index contributed by atoms with van der Waals surface area (Å²) < 4.78 is 18.7. The molecule has 0 aliphatic carbocycles. The zero-order valence-corrected chi connectivity index (χ0v) is 35.7. The number of rotatable bonds is 12. The first-order valence-electron chi connectivity index (χ1n) is 20.5. The number of halogens is 2. The number of fused-ring (bicyclic) bond motifs is 2. The molecule has 1 aromatic heterocycles. The van der Waals surface area contributed by atoms with Crippen LogP contribution in [0.25, 0.3) is 11.1 Å². The van der Waals surface area contributed by atoms with E-state index in [0.717, 1.165) is 50.2 Å². The number of amides is 3. The van der Waals surface area contributed by atoms with E-state index in [-0.39, 0.29) is 31.9 Å². The van der Waals surface area contributed by atoms with E-state index < -0.39 is 36.0 Å². The predicted molar refractivity (Wildman–Crippen MR) is 233 cm³/mol. The highest BCUT2D eigenvalue weighted by Crippen LogP contribution is 2.41. The first-order chi connectivity index (χ1) is 29.9. The van der Waals surface area contributed by atoms with Crippen LogP contribution in [0.3, 0.4) is 0 Å². The van der Waals surface area contributed by atoms with Crippen LogP contribution in [0, 0.1) is 19.8 Å². The smallest absolute Gasteiger partial charge is 0.326 e. The largest absolute Gasteiger partial charge is 0.489 e. The van der Waals surface area contributed by atoms with Gasteiger partial charge in [0.25, 0.3) is 0 Å². The van der Waals surface area contributed by atoms with Gasteiger partial charge in [0.05, 0.1) is 10.0 Å². The first kappa shape index (κ1) is 42.6. The highest BCUT2D eigenvalue weighted by atomic mass is 35.5. The number of carboxylic acid groups (broad SMARTS) is 1. The molecule has 0 unspecified atom stereocenters. The molecule has 2 N–H and O–H groups in total. The summed E-state index contributed by atoms with van der Waals surface area (Å²) in [6.45, 7) is 5.39. The Labute approximate surface area is 369 Å². The summed E-state index contributed by atoms with van der Waals surface area (Å²) in [5.41, 5.74) is 8.10. The minimum absolute atomic E-state index is 0.0436. The highest BCUT2D eigenvalue weighted by Gasteiger charge is 2.40. The lowest BCUT2D eigenvalue weighted by Gasteiger charge is -2.40. The summed E-state index contributed by atoms with van der Waals surface area (Å²) in [5.74, 6) is -0.698. The molecule has 1 radical (unpaired) electrons. The molecule has 4 aromatic carbocycles. The summed E-state index contributed by atoms with van der Waals surface area (Å²) in [5, 5.41) is 14.0. The number of aryl methyl sites for hydroxylation is 1. The molecular weight excluding hydrogens is 831 g/mol. The van der Waals surface area contributed by atoms with E-state index in [2.05, 4.69) is 10.3 Å². The number of carboxylic acids is 1. The molecule has 319 valence electrons. The third-order valence-corrected chi connectivity index (χ3v) is 12.8. The average Bonchev–Trinajstić information content (AvgIpc) is 3.29. The molecule has 62 heavy (non-hydrogen) atoms. The number of hydrogen-bond acceptors (Lipinski definition) is 8. The zero-order chi connectivity index (χ0) is 43.5. The predicted octanol–water partition coefficient (Wildman–Crippen LogP) is 7.61. The summed E-state index contributed by atoms with van der Waals surface area (Å²) in [6, 6.07) is 24.0. The lowest BCUT2D eigenvalue weighted by molar-refractivity contribution is -0.148. The molecule has 0 saturated carbocycles. The number of aliphatic carboxylic acids is 1. The lowest BCUT2D eigenvalue weighted by atomic mass is 9.89. The third-order valence-electron chi connectivity index (χ3n) is 12.0. The van der Waals surface area contributed by atoms with Crippen molar-refractivity contribution in [3.8, 4) is 28.4 Å². The minimum atomic E-state index is -1.25. The van der Waals surface area contributed by atoms with Gasteiger partial charge in [-0.15, -0.1) is 0 Å². The van der Waals surface area contributed by atoms with Crippen molar-refractivity contribution in [2.24, 2.45) is 5.92 Å². The number of benzene rings is 4. The summed E-state index contributed by atoms with van der Waals surface area (Å²) in [6.07, 6.45) is 4.30. The Balaban J connectivity index is 0.981. The fourth-order valence-corrected chi connectivity index (χ4v) is 8.61. The van der Waals surface area contributed by atoms with Gasteiger partial charge in [-0.05, 0) is 114 Å². The fourth-order valence-electron chi connectivity index (χ4n) is 8.29. The molecule has 8 rings (SSSR count). The Morgan fingerprint density at radius 1 is 0.919 bits per heavy atom.